The number of aliphatic imine (C=N–C) groups is 1. The number of benzene rings is 3. The number of hydrogen-bond acceptors (Lipinski definition) is 3. The van der Waals surface area contributed by atoms with Crippen LogP contribution in [0.1, 0.15) is 16.7 Å². The van der Waals surface area contributed by atoms with Gasteiger partial charge in [0.25, 0.3) is 0 Å². The monoisotopic (exact) mass is 415 g/mol. The van der Waals surface area contributed by atoms with Crippen LogP contribution in [0.3, 0.4) is 0 Å². The molecule has 0 saturated carbocycles. The fourth-order valence-corrected chi connectivity index (χ4v) is 3.36. The average Bonchev–Trinajstić information content (AvgIpc) is 3.21. The van der Waals surface area contributed by atoms with Crippen LogP contribution in [0.25, 0.3) is 16.9 Å². The minimum absolute atomic E-state index is 0.554. The molecule has 4 rings (SSSR count). The van der Waals surface area contributed by atoms with Gasteiger partial charge in [-0.2, -0.15) is 5.10 Å². The normalized spacial score (nSPS) is 11.2. The quantitative estimate of drug-likeness (QED) is 0.355. The van der Waals surface area contributed by atoms with Crippen molar-refractivity contribution >= 4 is 17.8 Å². The molecule has 3 aromatic carbocycles. The lowest BCUT2D eigenvalue weighted by Gasteiger charge is -2.03. The predicted molar refractivity (Wildman–Crippen MR) is 123 cm³/mol. The molecule has 0 aliphatic carbocycles. The second kappa shape index (κ2) is 8.97. The summed E-state index contributed by atoms with van der Waals surface area (Å²) < 4.78 is 7.16. The molecule has 30 heavy (non-hydrogen) atoms. The van der Waals surface area contributed by atoms with Gasteiger partial charge in [-0.15, -0.1) is 0 Å². The van der Waals surface area contributed by atoms with E-state index in [2.05, 4.69) is 11.1 Å². The zero-order chi connectivity index (χ0) is 20.9. The zero-order valence-corrected chi connectivity index (χ0v) is 17.7. The van der Waals surface area contributed by atoms with Crippen LogP contribution in [0.5, 0.6) is 5.75 Å². The van der Waals surface area contributed by atoms with Gasteiger partial charge in [0.1, 0.15) is 11.4 Å². The number of para-hydroxylation sites is 1. The maximum atomic E-state index is 6.24. The molecule has 0 radical (unpaired) electrons. The van der Waals surface area contributed by atoms with Gasteiger partial charge in [0.2, 0.25) is 0 Å². The first kappa shape index (κ1) is 19.9. The van der Waals surface area contributed by atoms with Crippen molar-refractivity contribution in [3.63, 3.8) is 0 Å². The number of aromatic nitrogens is 2. The van der Waals surface area contributed by atoms with Gasteiger partial charge in [-0.25, -0.2) is 4.68 Å². The summed E-state index contributed by atoms with van der Waals surface area (Å²) in [5, 5.41) is 5.58. The van der Waals surface area contributed by atoms with Crippen molar-refractivity contribution < 1.29 is 4.74 Å². The summed E-state index contributed by atoms with van der Waals surface area (Å²) in [6.07, 6.45) is 3.88. The summed E-state index contributed by atoms with van der Waals surface area (Å²) in [6.45, 7) is 2.55. The zero-order valence-electron chi connectivity index (χ0n) is 16.9. The number of nitrogens with zero attached hydrogens (tertiary/aromatic N) is 3. The molecule has 0 N–H and O–H groups in total. The van der Waals surface area contributed by atoms with E-state index in [4.69, 9.17) is 21.4 Å². The van der Waals surface area contributed by atoms with Crippen molar-refractivity contribution in [3.8, 4) is 22.7 Å². The Morgan fingerprint density at radius 2 is 1.80 bits per heavy atom. The molecule has 0 saturated heterocycles. The van der Waals surface area contributed by atoms with E-state index < -0.39 is 0 Å². The Kier molecular flexibility index (Phi) is 5.96. The van der Waals surface area contributed by atoms with Gasteiger partial charge in [-0.05, 0) is 60.5 Å². The number of hydrogen-bond donors (Lipinski definition) is 0. The molecule has 1 heterocycles. The number of aryl methyl sites for hydroxylation is 1. The third-order valence-corrected chi connectivity index (χ3v) is 5.27. The number of ether oxygens (including phenoxy) is 1. The molecule has 4 nitrogen and oxygen atoms in total. The molecule has 4 aromatic rings. The Balaban J connectivity index is 1.67. The van der Waals surface area contributed by atoms with E-state index in [9.17, 15) is 0 Å². The number of halogens is 1. The van der Waals surface area contributed by atoms with Gasteiger partial charge >= 0.3 is 0 Å². The van der Waals surface area contributed by atoms with E-state index in [1.165, 1.54) is 0 Å². The van der Waals surface area contributed by atoms with E-state index >= 15 is 0 Å². The minimum Gasteiger partial charge on any atom is -0.497 e. The molecule has 0 aliphatic heterocycles. The Morgan fingerprint density at radius 1 is 1.03 bits per heavy atom. The lowest BCUT2D eigenvalue weighted by molar-refractivity contribution is 0.415. The summed E-state index contributed by atoms with van der Waals surface area (Å²) in [4.78, 5) is 4.65. The maximum Gasteiger partial charge on any atom is 0.118 e. The van der Waals surface area contributed by atoms with Crippen molar-refractivity contribution in [1.29, 1.82) is 0 Å². The SMILES string of the molecule is COc1ccc(-c2nn(-c3ccccc3)cc2C=NCc2ccc(C)c(Cl)c2)cc1. The lowest BCUT2D eigenvalue weighted by Crippen LogP contribution is -1.94. The van der Waals surface area contributed by atoms with Gasteiger partial charge in [0.15, 0.2) is 0 Å². The van der Waals surface area contributed by atoms with E-state index in [-0.39, 0.29) is 0 Å². The summed E-state index contributed by atoms with van der Waals surface area (Å²) in [5.74, 6) is 0.813. The van der Waals surface area contributed by atoms with Gasteiger partial charge in [-0.1, -0.05) is 41.9 Å². The smallest absolute Gasteiger partial charge is 0.118 e. The summed E-state index contributed by atoms with van der Waals surface area (Å²) in [5.41, 5.74) is 5.95. The average molecular weight is 416 g/mol. The van der Waals surface area contributed by atoms with Crippen molar-refractivity contribution in [3.05, 3.63) is 101 Å². The van der Waals surface area contributed by atoms with Crippen LogP contribution in [0.4, 0.5) is 0 Å². The maximum absolute atomic E-state index is 6.24. The minimum atomic E-state index is 0.554. The van der Waals surface area contributed by atoms with Crippen LogP contribution in [-0.2, 0) is 6.54 Å². The third kappa shape index (κ3) is 4.44. The highest BCUT2D eigenvalue weighted by Gasteiger charge is 2.11. The van der Waals surface area contributed by atoms with Crippen molar-refractivity contribution in [2.24, 2.45) is 4.99 Å². The summed E-state index contributed by atoms with van der Waals surface area (Å²) in [6, 6.07) is 24.0. The highest BCUT2D eigenvalue weighted by Crippen LogP contribution is 2.25. The molecule has 0 atom stereocenters. The van der Waals surface area contributed by atoms with Crippen molar-refractivity contribution in [2.75, 3.05) is 7.11 Å². The Morgan fingerprint density at radius 3 is 2.50 bits per heavy atom. The Bertz CT molecular complexity index is 1160. The summed E-state index contributed by atoms with van der Waals surface area (Å²) >= 11 is 6.24. The highest BCUT2D eigenvalue weighted by molar-refractivity contribution is 6.31. The second-order valence-electron chi connectivity index (χ2n) is 6.99. The van der Waals surface area contributed by atoms with Crippen molar-refractivity contribution in [2.45, 2.75) is 13.5 Å². The van der Waals surface area contributed by atoms with Crippen LogP contribution < -0.4 is 4.74 Å². The van der Waals surface area contributed by atoms with Crippen LogP contribution >= 0.6 is 11.6 Å². The summed E-state index contributed by atoms with van der Waals surface area (Å²) in [7, 11) is 1.66. The first-order chi connectivity index (χ1) is 14.6. The molecule has 150 valence electrons. The molecule has 5 heteroatoms. The van der Waals surface area contributed by atoms with E-state index in [1.54, 1.807) is 7.11 Å². The second-order valence-corrected chi connectivity index (χ2v) is 7.40. The fraction of sp³-hybridized carbons (Fsp3) is 0.120. The van der Waals surface area contributed by atoms with E-state index in [0.717, 1.165) is 44.4 Å². The molecule has 0 fully saturated rings. The topological polar surface area (TPSA) is 39.4 Å². The number of rotatable bonds is 6. The molecular formula is C25H22ClN3O. The number of methoxy groups -OCH3 is 1. The van der Waals surface area contributed by atoms with E-state index in [0.29, 0.717) is 6.54 Å². The van der Waals surface area contributed by atoms with Crippen LogP contribution in [0, 0.1) is 6.92 Å². The largest absolute Gasteiger partial charge is 0.497 e. The lowest BCUT2D eigenvalue weighted by atomic mass is 10.1. The standard InChI is InChI=1S/C25H22ClN3O/c1-18-8-9-19(14-24(18)26)15-27-16-21-17-29(22-6-4-3-5-7-22)28-25(21)20-10-12-23(30-2)13-11-20/h3-14,16-17H,15H2,1-2H3. The molecule has 0 amide bonds. The van der Waals surface area contributed by atoms with Crippen LogP contribution in [-0.4, -0.2) is 23.1 Å². The fourth-order valence-electron chi connectivity index (χ4n) is 3.15. The van der Waals surface area contributed by atoms with E-state index in [1.807, 2.05) is 90.7 Å². The molecular weight excluding hydrogens is 394 g/mol. The Hall–Kier alpha value is -3.37. The van der Waals surface area contributed by atoms with Gasteiger partial charge in [0.05, 0.1) is 19.3 Å². The first-order valence-corrected chi connectivity index (χ1v) is 10.1. The van der Waals surface area contributed by atoms with Crippen LogP contribution in [0.15, 0.2) is 84.0 Å². The third-order valence-electron chi connectivity index (χ3n) is 4.87. The first-order valence-electron chi connectivity index (χ1n) is 9.68. The predicted octanol–water partition coefficient (Wildman–Crippen LogP) is 6.13. The van der Waals surface area contributed by atoms with Gasteiger partial charge in [-0.3, -0.25) is 4.99 Å². The Labute approximate surface area is 181 Å². The highest BCUT2D eigenvalue weighted by atomic mass is 35.5. The molecule has 0 spiro atoms. The van der Waals surface area contributed by atoms with Crippen molar-refractivity contribution in [1.82, 2.24) is 9.78 Å². The molecule has 0 aliphatic rings. The molecule has 0 unspecified atom stereocenters. The molecule has 1 aromatic heterocycles. The van der Waals surface area contributed by atoms with Crippen LogP contribution in [0.2, 0.25) is 5.02 Å². The molecule has 0 bridgehead atoms. The van der Waals surface area contributed by atoms with Gasteiger partial charge in [0, 0.05) is 28.6 Å². The van der Waals surface area contributed by atoms with Gasteiger partial charge < -0.3 is 4.74 Å².